The molecule has 0 saturated carbocycles. The van der Waals surface area contributed by atoms with E-state index in [2.05, 4.69) is 44.6 Å². The van der Waals surface area contributed by atoms with Gasteiger partial charge in [-0.1, -0.05) is 56.7 Å². The van der Waals surface area contributed by atoms with Crippen LogP contribution in [0.1, 0.15) is 11.7 Å². The molecule has 0 N–H and O–H groups in total. The van der Waals surface area contributed by atoms with Crippen LogP contribution < -0.4 is 0 Å². The number of benzene rings is 1. The first kappa shape index (κ1) is 19.3. The van der Waals surface area contributed by atoms with Crippen molar-refractivity contribution >= 4 is 38.5 Å². The van der Waals surface area contributed by atoms with Gasteiger partial charge < -0.3 is 18.9 Å². The van der Waals surface area contributed by atoms with E-state index in [1.165, 1.54) is 5.56 Å². The van der Waals surface area contributed by atoms with Crippen LogP contribution in [-0.4, -0.2) is 51.2 Å². The molecule has 1 rings (SSSR count). The van der Waals surface area contributed by atoms with Crippen LogP contribution in [0.3, 0.4) is 0 Å². The second-order valence-electron chi connectivity index (χ2n) is 4.25. The lowest BCUT2D eigenvalue weighted by atomic mass is 10.1. The van der Waals surface area contributed by atoms with Gasteiger partial charge in [-0.05, 0) is 11.6 Å². The molecule has 1 atom stereocenters. The van der Waals surface area contributed by atoms with Gasteiger partial charge in [0.25, 0.3) is 0 Å². The predicted molar refractivity (Wildman–Crippen MR) is 95.2 cm³/mol. The van der Waals surface area contributed by atoms with Crippen LogP contribution in [0.25, 0.3) is 0 Å². The Morgan fingerprint density at radius 3 is 2.24 bits per heavy atom. The van der Waals surface area contributed by atoms with Crippen LogP contribution in [0, 0.1) is 0 Å². The van der Waals surface area contributed by atoms with Gasteiger partial charge in [0.1, 0.15) is 0 Å². The van der Waals surface area contributed by atoms with Gasteiger partial charge in [-0.15, -0.1) is 0 Å². The standard InChI is InChI=1S/C15H22BrIO4/c1-18-6-7-19-8-9-20-10-11-21-15(12-17)13-4-2-3-5-14(13)16/h2-5,15H,6-12H2,1H3. The quantitative estimate of drug-likeness (QED) is 0.264. The van der Waals surface area contributed by atoms with Crippen LogP contribution in [0.15, 0.2) is 28.7 Å². The Balaban J connectivity index is 2.12. The average Bonchev–Trinajstić information content (AvgIpc) is 2.50. The van der Waals surface area contributed by atoms with Gasteiger partial charge in [0.15, 0.2) is 0 Å². The number of rotatable bonds is 12. The lowest BCUT2D eigenvalue weighted by Crippen LogP contribution is -2.14. The molecule has 1 aromatic rings. The molecule has 0 saturated heterocycles. The third kappa shape index (κ3) is 8.47. The highest BCUT2D eigenvalue weighted by atomic mass is 127. The summed E-state index contributed by atoms with van der Waals surface area (Å²) in [5, 5.41) is 0. The van der Waals surface area contributed by atoms with E-state index in [0.717, 1.165) is 8.90 Å². The van der Waals surface area contributed by atoms with Crippen LogP contribution in [0.2, 0.25) is 0 Å². The summed E-state index contributed by atoms with van der Waals surface area (Å²) in [5.41, 5.74) is 1.18. The molecule has 0 bridgehead atoms. The van der Waals surface area contributed by atoms with Crippen molar-refractivity contribution in [3.8, 4) is 0 Å². The molecule has 4 nitrogen and oxygen atoms in total. The molecule has 1 unspecified atom stereocenters. The maximum atomic E-state index is 5.88. The summed E-state index contributed by atoms with van der Waals surface area (Å²) in [6.07, 6.45) is 0.0859. The van der Waals surface area contributed by atoms with Crippen molar-refractivity contribution in [2.75, 3.05) is 51.2 Å². The topological polar surface area (TPSA) is 36.9 Å². The van der Waals surface area contributed by atoms with Gasteiger partial charge in [-0.3, -0.25) is 0 Å². The van der Waals surface area contributed by atoms with Crippen molar-refractivity contribution in [2.24, 2.45) is 0 Å². The van der Waals surface area contributed by atoms with Gasteiger partial charge in [-0.2, -0.15) is 0 Å². The molecule has 120 valence electrons. The van der Waals surface area contributed by atoms with E-state index in [1.807, 2.05) is 18.2 Å². The number of hydrogen-bond acceptors (Lipinski definition) is 4. The summed E-state index contributed by atoms with van der Waals surface area (Å²) in [4.78, 5) is 0. The first-order valence-corrected chi connectivity index (χ1v) is 9.18. The fraction of sp³-hybridized carbons (Fsp3) is 0.600. The molecule has 0 aliphatic rings. The molecule has 0 heterocycles. The molecule has 6 heteroatoms. The molecule has 0 aromatic heterocycles. The lowest BCUT2D eigenvalue weighted by molar-refractivity contribution is -0.0110. The molecule has 0 aliphatic heterocycles. The van der Waals surface area contributed by atoms with Crippen molar-refractivity contribution in [3.63, 3.8) is 0 Å². The first-order valence-electron chi connectivity index (χ1n) is 6.86. The van der Waals surface area contributed by atoms with Crippen LogP contribution in [-0.2, 0) is 18.9 Å². The molecular weight excluding hydrogens is 451 g/mol. The highest BCUT2D eigenvalue weighted by Crippen LogP contribution is 2.27. The van der Waals surface area contributed by atoms with Crippen molar-refractivity contribution in [2.45, 2.75) is 6.10 Å². The van der Waals surface area contributed by atoms with Crippen LogP contribution in [0.5, 0.6) is 0 Å². The molecule has 21 heavy (non-hydrogen) atoms. The van der Waals surface area contributed by atoms with E-state index < -0.39 is 0 Å². The molecule has 0 aliphatic carbocycles. The predicted octanol–water partition coefficient (Wildman–Crippen LogP) is 3.62. The summed E-state index contributed by atoms with van der Waals surface area (Å²) in [6.45, 7) is 3.54. The number of ether oxygens (including phenoxy) is 4. The van der Waals surface area contributed by atoms with Gasteiger partial charge in [0, 0.05) is 16.0 Å². The van der Waals surface area contributed by atoms with E-state index in [1.54, 1.807) is 7.11 Å². The second kappa shape index (κ2) is 12.8. The van der Waals surface area contributed by atoms with E-state index in [0.29, 0.717) is 39.6 Å². The normalized spacial score (nSPS) is 12.5. The third-order valence-corrected chi connectivity index (χ3v) is 4.26. The minimum absolute atomic E-state index is 0.0859. The van der Waals surface area contributed by atoms with E-state index in [4.69, 9.17) is 18.9 Å². The summed E-state index contributed by atoms with van der Waals surface area (Å²) in [6, 6.07) is 8.14. The van der Waals surface area contributed by atoms with E-state index in [9.17, 15) is 0 Å². The number of hydrogen-bond donors (Lipinski definition) is 0. The average molecular weight is 473 g/mol. The Morgan fingerprint density at radius 2 is 1.62 bits per heavy atom. The molecule has 0 radical (unpaired) electrons. The van der Waals surface area contributed by atoms with E-state index in [-0.39, 0.29) is 6.10 Å². The Bertz CT molecular complexity index is 378. The molecule has 1 aromatic carbocycles. The minimum Gasteiger partial charge on any atom is -0.382 e. The van der Waals surface area contributed by atoms with Gasteiger partial charge in [0.05, 0.1) is 45.7 Å². The van der Waals surface area contributed by atoms with Gasteiger partial charge >= 0.3 is 0 Å². The smallest absolute Gasteiger partial charge is 0.0926 e. The van der Waals surface area contributed by atoms with Crippen molar-refractivity contribution in [1.82, 2.24) is 0 Å². The Labute approximate surface area is 148 Å². The Morgan fingerprint density at radius 1 is 1.00 bits per heavy atom. The number of alkyl halides is 1. The zero-order valence-corrected chi connectivity index (χ0v) is 16.0. The highest BCUT2D eigenvalue weighted by molar-refractivity contribution is 14.1. The fourth-order valence-electron chi connectivity index (χ4n) is 1.67. The summed E-state index contributed by atoms with van der Waals surface area (Å²) < 4.78 is 23.5. The number of halogens is 2. The SMILES string of the molecule is COCCOCCOCCOC(CI)c1ccccc1Br. The highest BCUT2D eigenvalue weighted by Gasteiger charge is 2.13. The molecule has 0 amide bonds. The fourth-order valence-corrected chi connectivity index (χ4v) is 2.94. The second-order valence-corrected chi connectivity index (χ2v) is 5.99. The van der Waals surface area contributed by atoms with E-state index >= 15 is 0 Å². The summed E-state index contributed by atoms with van der Waals surface area (Å²) in [5.74, 6) is 0. The van der Waals surface area contributed by atoms with Crippen molar-refractivity contribution in [1.29, 1.82) is 0 Å². The maximum Gasteiger partial charge on any atom is 0.0926 e. The Hall–Kier alpha value is 0.270. The zero-order chi connectivity index (χ0) is 15.3. The molecular formula is C15H22BrIO4. The van der Waals surface area contributed by atoms with Crippen LogP contribution >= 0.6 is 38.5 Å². The lowest BCUT2D eigenvalue weighted by Gasteiger charge is -2.17. The molecule has 0 spiro atoms. The summed E-state index contributed by atoms with van der Waals surface area (Å²) in [7, 11) is 1.66. The largest absolute Gasteiger partial charge is 0.382 e. The maximum absolute atomic E-state index is 5.88. The van der Waals surface area contributed by atoms with Crippen LogP contribution in [0.4, 0.5) is 0 Å². The summed E-state index contributed by atoms with van der Waals surface area (Å²) >= 11 is 5.90. The van der Waals surface area contributed by atoms with Crippen molar-refractivity contribution in [3.05, 3.63) is 34.3 Å². The first-order chi connectivity index (χ1) is 10.3. The third-order valence-electron chi connectivity index (χ3n) is 2.74. The minimum atomic E-state index is 0.0859. The van der Waals surface area contributed by atoms with Crippen molar-refractivity contribution < 1.29 is 18.9 Å². The van der Waals surface area contributed by atoms with Gasteiger partial charge in [0.2, 0.25) is 0 Å². The van der Waals surface area contributed by atoms with Gasteiger partial charge in [-0.25, -0.2) is 0 Å². The monoisotopic (exact) mass is 472 g/mol. The Kier molecular flexibility index (Phi) is 11.8. The molecule has 0 fully saturated rings. The zero-order valence-electron chi connectivity index (χ0n) is 12.2. The number of methoxy groups -OCH3 is 1.